The van der Waals surface area contributed by atoms with Crippen LogP contribution in [0.3, 0.4) is 0 Å². The first-order valence-electron chi connectivity index (χ1n) is 5.24. The maximum Gasteiger partial charge on any atom is 0.140 e. The van der Waals surface area contributed by atoms with E-state index in [1.54, 1.807) is 0 Å². The summed E-state index contributed by atoms with van der Waals surface area (Å²) in [4.78, 5) is 19.6. The van der Waals surface area contributed by atoms with Gasteiger partial charge in [-0.1, -0.05) is 36.8 Å². The normalized spacial score (nSPS) is 20.3. The fourth-order valence-corrected chi connectivity index (χ4v) is 2.02. The summed E-state index contributed by atoms with van der Waals surface area (Å²) in [5.41, 5.74) is 1.20. The fourth-order valence-electron chi connectivity index (χ4n) is 2.02. The van der Waals surface area contributed by atoms with Crippen molar-refractivity contribution in [2.75, 3.05) is 0 Å². The Morgan fingerprint density at radius 1 is 1.07 bits per heavy atom. The summed E-state index contributed by atoms with van der Waals surface area (Å²) >= 11 is 0. The van der Waals surface area contributed by atoms with E-state index in [1.165, 1.54) is 12.0 Å². The fraction of sp³-hybridized carbons (Fsp3) is 0.385. The minimum Gasteiger partial charge on any atom is -0.307 e. The van der Waals surface area contributed by atoms with Crippen LogP contribution in [0.5, 0.6) is 0 Å². The largest absolute Gasteiger partial charge is 0.307 e. The van der Waals surface area contributed by atoms with Gasteiger partial charge in [0.2, 0.25) is 0 Å². The van der Waals surface area contributed by atoms with Crippen molar-refractivity contribution in [2.45, 2.75) is 31.6 Å². The Morgan fingerprint density at radius 2 is 1.73 bits per heavy atom. The van der Waals surface area contributed by atoms with E-state index < -0.39 is 0 Å². The average Bonchev–Trinajstić information content (AvgIpc) is 2.33. The van der Waals surface area contributed by atoms with Crippen LogP contribution in [0, 0.1) is 0 Å². The monoisotopic (exact) mass is 204 g/mol. The Kier molecular flexibility index (Phi) is 4.75. The van der Waals surface area contributed by atoms with Gasteiger partial charge in [-0.05, 0) is 18.4 Å². The Labute approximate surface area is 90.3 Å². The lowest BCUT2D eigenvalue weighted by Crippen LogP contribution is -2.16. The Balaban J connectivity index is 0.000000531. The highest BCUT2D eigenvalue weighted by Gasteiger charge is 2.22. The van der Waals surface area contributed by atoms with Crippen LogP contribution in [0.15, 0.2) is 30.3 Å². The smallest absolute Gasteiger partial charge is 0.140 e. The highest BCUT2D eigenvalue weighted by molar-refractivity contribution is 5.86. The second-order valence-corrected chi connectivity index (χ2v) is 3.68. The first-order valence-corrected chi connectivity index (χ1v) is 5.24. The molecule has 2 nitrogen and oxygen atoms in total. The molecule has 0 aliphatic heterocycles. The van der Waals surface area contributed by atoms with Gasteiger partial charge in [-0.15, -0.1) is 0 Å². The predicted octanol–water partition coefficient (Wildman–Crippen LogP) is 2.73. The molecule has 0 heterocycles. The van der Waals surface area contributed by atoms with Crippen LogP contribution >= 0.6 is 0 Å². The van der Waals surface area contributed by atoms with Crippen molar-refractivity contribution in [1.82, 2.24) is 0 Å². The van der Waals surface area contributed by atoms with E-state index in [0.29, 0.717) is 5.78 Å². The zero-order valence-electron chi connectivity index (χ0n) is 8.82. The summed E-state index contributed by atoms with van der Waals surface area (Å²) in [6, 6.07) is 10.1. The molecule has 0 N–H and O–H groups in total. The molecule has 0 saturated heterocycles. The van der Waals surface area contributed by atoms with Crippen LogP contribution in [-0.2, 0) is 9.59 Å². The SMILES string of the molecule is C=O.O=C1CCCCC1c1ccccc1. The molecule has 0 amide bonds. The molecule has 0 radical (unpaired) electrons. The third-order valence-corrected chi connectivity index (χ3v) is 2.76. The number of hydrogen-bond acceptors (Lipinski definition) is 2. The first-order chi connectivity index (χ1) is 7.38. The maximum absolute atomic E-state index is 11.6. The van der Waals surface area contributed by atoms with Crippen LogP contribution in [0.25, 0.3) is 0 Å². The van der Waals surface area contributed by atoms with Gasteiger partial charge in [-0.2, -0.15) is 0 Å². The lowest BCUT2D eigenvalue weighted by Gasteiger charge is -2.20. The molecule has 2 heteroatoms. The van der Waals surface area contributed by atoms with Crippen molar-refractivity contribution in [3.05, 3.63) is 35.9 Å². The standard InChI is InChI=1S/C12H14O.CH2O/c13-12-9-5-4-8-11(12)10-6-2-1-3-7-10;1-2/h1-3,6-7,11H,4-5,8-9H2;1H2. The zero-order valence-corrected chi connectivity index (χ0v) is 8.82. The third-order valence-electron chi connectivity index (χ3n) is 2.76. The van der Waals surface area contributed by atoms with Gasteiger partial charge < -0.3 is 4.79 Å². The number of ketones is 1. The minimum absolute atomic E-state index is 0.190. The molecule has 1 saturated carbocycles. The molecule has 1 unspecified atom stereocenters. The number of hydrogen-bond donors (Lipinski definition) is 0. The van der Waals surface area contributed by atoms with E-state index in [2.05, 4.69) is 12.1 Å². The molecule has 0 bridgehead atoms. The van der Waals surface area contributed by atoms with E-state index in [9.17, 15) is 4.79 Å². The summed E-state index contributed by atoms with van der Waals surface area (Å²) in [5, 5.41) is 0. The van der Waals surface area contributed by atoms with Gasteiger partial charge in [0.05, 0.1) is 0 Å². The van der Waals surface area contributed by atoms with Crippen molar-refractivity contribution in [2.24, 2.45) is 0 Å². The van der Waals surface area contributed by atoms with Crippen LogP contribution < -0.4 is 0 Å². The minimum atomic E-state index is 0.190. The summed E-state index contributed by atoms with van der Waals surface area (Å²) in [6.45, 7) is 2.00. The van der Waals surface area contributed by atoms with Crippen LogP contribution in [-0.4, -0.2) is 12.6 Å². The van der Waals surface area contributed by atoms with E-state index in [4.69, 9.17) is 4.79 Å². The quantitative estimate of drug-likeness (QED) is 0.704. The van der Waals surface area contributed by atoms with Gasteiger partial charge in [0.1, 0.15) is 12.6 Å². The Hall–Kier alpha value is -1.44. The van der Waals surface area contributed by atoms with Crippen molar-refractivity contribution in [1.29, 1.82) is 0 Å². The van der Waals surface area contributed by atoms with E-state index in [1.807, 2.05) is 25.0 Å². The van der Waals surface area contributed by atoms with Crippen molar-refractivity contribution >= 4 is 12.6 Å². The van der Waals surface area contributed by atoms with Gasteiger partial charge >= 0.3 is 0 Å². The topological polar surface area (TPSA) is 34.1 Å². The Bertz CT molecular complexity index is 306. The predicted molar refractivity (Wildman–Crippen MR) is 59.8 cm³/mol. The van der Waals surface area contributed by atoms with Crippen molar-refractivity contribution < 1.29 is 9.59 Å². The average molecular weight is 204 g/mol. The molecule has 1 aliphatic carbocycles. The molecule has 0 aromatic heterocycles. The van der Waals surface area contributed by atoms with Gasteiger partial charge in [0.25, 0.3) is 0 Å². The number of benzene rings is 1. The summed E-state index contributed by atoms with van der Waals surface area (Å²) < 4.78 is 0. The highest BCUT2D eigenvalue weighted by Crippen LogP contribution is 2.29. The number of carbonyl (C=O) groups excluding carboxylic acids is 2. The number of carbonyl (C=O) groups is 2. The number of rotatable bonds is 1. The molecule has 1 fully saturated rings. The van der Waals surface area contributed by atoms with E-state index in [0.717, 1.165) is 19.3 Å². The first kappa shape index (κ1) is 11.6. The molecule has 1 aromatic carbocycles. The molecule has 80 valence electrons. The van der Waals surface area contributed by atoms with Crippen LogP contribution in [0.4, 0.5) is 0 Å². The molecule has 2 rings (SSSR count). The van der Waals surface area contributed by atoms with E-state index >= 15 is 0 Å². The maximum atomic E-state index is 11.6. The lowest BCUT2D eigenvalue weighted by atomic mass is 9.83. The summed E-state index contributed by atoms with van der Waals surface area (Å²) in [7, 11) is 0. The highest BCUT2D eigenvalue weighted by atomic mass is 16.1. The Morgan fingerprint density at radius 3 is 2.33 bits per heavy atom. The molecular formula is C13H16O2. The third kappa shape index (κ3) is 3.01. The summed E-state index contributed by atoms with van der Waals surface area (Å²) in [5.74, 6) is 0.618. The van der Waals surface area contributed by atoms with Gasteiger partial charge in [-0.25, -0.2) is 0 Å². The van der Waals surface area contributed by atoms with Crippen molar-refractivity contribution in [3.8, 4) is 0 Å². The molecule has 0 spiro atoms. The molecule has 1 aromatic rings. The zero-order chi connectivity index (χ0) is 11.1. The second-order valence-electron chi connectivity index (χ2n) is 3.68. The molecule has 1 aliphatic rings. The van der Waals surface area contributed by atoms with Gasteiger partial charge in [0.15, 0.2) is 0 Å². The molecule has 15 heavy (non-hydrogen) atoms. The number of Topliss-reactive ketones (excluding diaryl/α,β-unsaturated/α-hetero) is 1. The van der Waals surface area contributed by atoms with Gasteiger partial charge in [0, 0.05) is 12.3 Å². The lowest BCUT2D eigenvalue weighted by molar-refractivity contribution is -0.121. The van der Waals surface area contributed by atoms with Crippen LogP contribution in [0.1, 0.15) is 37.2 Å². The molecule has 1 atom stereocenters. The second kappa shape index (κ2) is 6.12. The van der Waals surface area contributed by atoms with E-state index in [-0.39, 0.29) is 5.92 Å². The summed E-state index contributed by atoms with van der Waals surface area (Å²) in [6.07, 6.45) is 4.11. The van der Waals surface area contributed by atoms with Crippen molar-refractivity contribution in [3.63, 3.8) is 0 Å². The molecular weight excluding hydrogens is 188 g/mol. The van der Waals surface area contributed by atoms with Crippen LogP contribution in [0.2, 0.25) is 0 Å². The van der Waals surface area contributed by atoms with Gasteiger partial charge in [-0.3, -0.25) is 4.79 Å².